The van der Waals surface area contributed by atoms with Crippen molar-refractivity contribution in [3.8, 4) is 11.4 Å². The van der Waals surface area contributed by atoms with Crippen LogP contribution in [0.1, 0.15) is 11.3 Å². The first-order chi connectivity index (χ1) is 20.2. The summed E-state index contributed by atoms with van der Waals surface area (Å²) in [5.41, 5.74) is 6.67. The van der Waals surface area contributed by atoms with E-state index in [2.05, 4.69) is 86.4 Å². The van der Waals surface area contributed by atoms with Crippen LogP contribution >= 0.6 is 0 Å². The van der Waals surface area contributed by atoms with E-state index in [1.807, 2.05) is 36.7 Å². The number of hydrogen-bond donors (Lipinski definition) is 2. The minimum Gasteiger partial charge on any atom is -0.475 e. The van der Waals surface area contributed by atoms with Gasteiger partial charge in [-0.25, -0.2) is 9.78 Å². The Hall–Kier alpha value is -4.77. The summed E-state index contributed by atoms with van der Waals surface area (Å²) in [6, 6.07) is 27.0. The monoisotopic (exact) mass is 576 g/mol. The lowest BCUT2D eigenvalue weighted by Crippen LogP contribution is -2.21. The number of hydrogen-bond acceptors (Lipinski definition) is 6. The van der Waals surface area contributed by atoms with Crippen LogP contribution in [0.3, 0.4) is 0 Å². The fourth-order valence-corrected chi connectivity index (χ4v) is 4.35. The summed E-state index contributed by atoms with van der Waals surface area (Å²) in [6.45, 7) is 3.36. The molecular weight excluding hydrogens is 545 g/mol. The second-order valence-electron chi connectivity index (χ2n) is 9.43. The van der Waals surface area contributed by atoms with E-state index in [1.165, 1.54) is 5.56 Å². The van der Waals surface area contributed by atoms with Crippen LogP contribution in [0.25, 0.3) is 22.4 Å². The third kappa shape index (κ3) is 8.14. The number of carbonyl (C=O) groups is 1. The molecule has 0 radical (unpaired) electrons. The van der Waals surface area contributed by atoms with E-state index < -0.39 is 12.1 Å². The zero-order chi connectivity index (χ0) is 30.0. The molecule has 8 nitrogen and oxygen atoms in total. The minimum absolute atomic E-state index is 0.814. The van der Waals surface area contributed by atoms with Crippen molar-refractivity contribution in [3.05, 3.63) is 109 Å². The molecule has 2 N–H and O–H groups in total. The van der Waals surface area contributed by atoms with Crippen molar-refractivity contribution in [1.82, 2.24) is 24.8 Å². The number of aliphatic carboxylic acids is 1. The van der Waals surface area contributed by atoms with Crippen molar-refractivity contribution < 1.29 is 23.1 Å². The molecule has 11 heteroatoms. The molecule has 3 heterocycles. The maximum absolute atomic E-state index is 10.6. The second-order valence-corrected chi connectivity index (χ2v) is 9.43. The van der Waals surface area contributed by atoms with Gasteiger partial charge in [0.05, 0.1) is 11.2 Å². The Morgan fingerprint density at radius 3 is 2.40 bits per heavy atom. The molecular formula is C31H31F3N6O2. The van der Waals surface area contributed by atoms with Crippen LogP contribution in [0, 0.1) is 0 Å². The van der Waals surface area contributed by atoms with Crippen LogP contribution in [0.4, 0.5) is 18.9 Å². The fraction of sp³-hybridized carbons (Fsp3) is 0.226. The Labute approximate surface area is 241 Å². The number of nitrogens with zero attached hydrogens (tertiary/aromatic N) is 5. The number of halogens is 3. The van der Waals surface area contributed by atoms with Gasteiger partial charge in [0.1, 0.15) is 11.3 Å². The summed E-state index contributed by atoms with van der Waals surface area (Å²) in [6.07, 6.45) is 1.34. The van der Waals surface area contributed by atoms with Crippen LogP contribution in [0.15, 0.2) is 97.5 Å². The zero-order valence-corrected chi connectivity index (χ0v) is 23.0. The topological polar surface area (TPSA) is 96.2 Å². The molecule has 0 aliphatic carbocycles. The van der Waals surface area contributed by atoms with Gasteiger partial charge in [0.2, 0.25) is 0 Å². The summed E-state index contributed by atoms with van der Waals surface area (Å²) in [5, 5.41) is 10.7. The highest BCUT2D eigenvalue weighted by Gasteiger charge is 2.38. The summed E-state index contributed by atoms with van der Waals surface area (Å²) in [5.74, 6) is -1.81. The summed E-state index contributed by atoms with van der Waals surface area (Å²) < 4.78 is 34.0. The van der Waals surface area contributed by atoms with Crippen LogP contribution < -0.4 is 10.2 Å². The Morgan fingerprint density at radius 2 is 1.74 bits per heavy atom. The standard InChI is InChI=1S/C29H30N6.C2HF3O2/c1-34(19-15-25-12-5-6-17-32-25)26-13-7-14-27-28(26)33-29(24-11-8-16-30-22-24)35(27)20-18-31-21-23-9-3-2-4-10-23;3-2(4,5)1(6)7/h2-14,16-17,22,31H,15,18-21H2,1H3;(H,6,7). The number of para-hydroxylation sites is 1. The number of rotatable bonds is 10. The molecule has 218 valence electrons. The van der Waals surface area contributed by atoms with Gasteiger partial charge in [-0.1, -0.05) is 42.5 Å². The van der Waals surface area contributed by atoms with Gasteiger partial charge < -0.3 is 19.9 Å². The zero-order valence-electron chi connectivity index (χ0n) is 23.0. The number of fused-ring (bicyclic) bond motifs is 1. The Kier molecular flexibility index (Phi) is 10.2. The van der Waals surface area contributed by atoms with E-state index in [9.17, 15) is 13.2 Å². The third-order valence-electron chi connectivity index (χ3n) is 6.44. The number of benzene rings is 2. The molecule has 0 aliphatic rings. The van der Waals surface area contributed by atoms with Gasteiger partial charge in [-0.3, -0.25) is 9.97 Å². The highest BCUT2D eigenvalue weighted by atomic mass is 19.4. The molecule has 5 aromatic rings. The number of anilines is 1. The Balaban J connectivity index is 0.000000517. The van der Waals surface area contributed by atoms with Crippen LogP contribution in [0.5, 0.6) is 0 Å². The average molecular weight is 577 g/mol. The van der Waals surface area contributed by atoms with Gasteiger partial charge >= 0.3 is 12.1 Å². The van der Waals surface area contributed by atoms with E-state index >= 15 is 0 Å². The first-order valence-electron chi connectivity index (χ1n) is 13.3. The molecule has 0 amide bonds. The van der Waals surface area contributed by atoms with Crippen molar-refractivity contribution in [3.63, 3.8) is 0 Å². The summed E-state index contributed by atoms with van der Waals surface area (Å²) in [4.78, 5) is 25.1. The maximum Gasteiger partial charge on any atom is 0.490 e. The molecule has 0 spiro atoms. The quantitative estimate of drug-likeness (QED) is 0.209. The highest BCUT2D eigenvalue weighted by Crippen LogP contribution is 2.30. The molecule has 0 saturated carbocycles. The first-order valence-corrected chi connectivity index (χ1v) is 13.3. The second kappa shape index (κ2) is 14.2. The minimum atomic E-state index is -5.08. The van der Waals surface area contributed by atoms with Gasteiger partial charge in [0, 0.05) is 69.5 Å². The number of carboxylic acid groups (broad SMARTS) is 1. The van der Waals surface area contributed by atoms with E-state index in [0.29, 0.717) is 0 Å². The number of nitrogens with one attached hydrogen (secondary N) is 1. The summed E-state index contributed by atoms with van der Waals surface area (Å²) in [7, 11) is 2.13. The van der Waals surface area contributed by atoms with Gasteiger partial charge in [-0.2, -0.15) is 13.2 Å². The number of aromatic nitrogens is 4. The van der Waals surface area contributed by atoms with Gasteiger partial charge in [0.15, 0.2) is 0 Å². The number of alkyl halides is 3. The van der Waals surface area contributed by atoms with Crippen molar-refractivity contribution >= 4 is 22.7 Å². The van der Waals surface area contributed by atoms with Crippen LogP contribution in [-0.4, -0.2) is 56.9 Å². The predicted octanol–water partition coefficient (Wildman–Crippen LogP) is 5.60. The van der Waals surface area contributed by atoms with Gasteiger partial charge in [0.25, 0.3) is 0 Å². The SMILES string of the molecule is CN(CCc1ccccn1)c1cccc2c1nc(-c1cccnc1)n2CCNCc1ccccc1.O=C(O)C(F)(F)F. The molecule has 0 bridgehead atoms. The van der Waals surface area contributed by atoms with Crippen LogP contribution in [-0.2, 0) is 24.3 Å². The lowest BCUT2D eigenvalue weighted by Gasteiger charge is -2.19. The number of carboxylic acids is 1. The predicted molar refractivity (Wildman–Crippen MR) is 156 cm³/mol. The largest absolute Gasteiger partial charge is 0.490 e. The van der Waals surface area contributed by atoms with Crippen molar-refractivity contribution in [1.29, 1.82) is 0 Å². The molecule has 5 rings (SSSR count). The van der Waals surface area contributed by atoms with E-state index in [4.69, 9.17) is 14.9 Å². The molecule has 3 aromatic heterocycles. The van der Waals surface area contributed by atoms with Crippen molar-refractivity contribution in [2.45, 2.75) is 25.7 Å². The molecule has 0 atom stereocenters. The van der Waals surface area contributed by atoms with Gasteiger partial charge in [-0.05, 0) is 42.0 Å². The molecule has 2 aromatic carbocycles. The number of likely N-dealkylation sites (N-methyl/N-ethyl adjacent to an activating group) is 1. The van der Waals surface area contributed by atoms with Gasteiger partial charge in [-0.15, -0.1) is 0 Å². The van der Waals surface area contributed by atoms with Crippen molar-refractivity contribution in [2.24, 2.45) is 0 Å². The summed E-state index contributed by atoms with van der Waals surface area (Å²) >= 11 is 0. The lowest BCUT2D eigenvalue weighted by molar-refractivity contribution is -0.192. The third-order valence-corrected chi connectivity index (χ3v) is 6.44. The first kappa shape index (κ1) is 30.2. The molecule has 0 fully saturated rings. The maximum atomic E-state index is 10.6. The number of pyridine rings is 2. The van der Waals surface area contributed by atoms with E-state index in [0.717, 1.165) is 66.4 Å². The van der Waals surface area contributed by atoms with Crippen molar-refractivity contribution in [2.75, 3.05) is 25.0 Å². The molecule has 0 unspecified atom stereocenters. The van der Waals surface area contributed by atoms with E-state index in [1.54, 1.807) is 6.20 Å². The van der Waals surface area contributed by atoms with E-state index in [-0.39, 0.29) is 0 Å². The fourth-order valence-electron chi connectivity index (χ4n) is 4.35. The Bertz CT molecular complexity index is 1560. The van der Waals surface area contributed by atoms with Crippen LogP contribution in [0.2, 0.25) is 0 Å². The average Bonchev–Trinajstić information content (AvgIpc) is 3.38. The lowest BCUT2D eigenvalue weighted by atomic mass is 10.2. The smallest absolute Gasteiger partial charge is 0.475 e. The molecule has 0 saturated heterocycles. The Morgan fingerprint density at radius 1 is 0.976 bits per heavy atom. The highest BCUT2D eigenvalue weighted by molar-refractivity contribution is 5.91. The normalized spacial score (nSPS) is 11.1. The number of imidazole rings is 1. The molecule has 0 aliphatic heterocycles. The molecule has 42 heavy (non-hydrogen) atoms.